The molecule has 19 heavy (non-hydrogen) atoms. The average Bonchev–Trinajstić information content (AvgIpc) is 2.38. The van der Waals surface area contributed by atoms with Gasteiger partial charge in [0.05, 0.1) is 10.8 Å². The lowest BCUT2D eigenvalue weighted by molar-refractivity contribution is -0.386. The van der Waals surface area contributed by atoms with Gasteiger partial charge < -0.3 is 10.0 Å². The number of hydrogen-bond acceptors (Lipinski definition) is 4. The fourth-order valence-corrected chi connectivity index (χ4v) is 2.31. The number of benzene rings is 1. The highest BCUT2D eigenvalue weighted by molar-refractivity contribution is 5.71. The van der Waals surface area contributed by atoms with Gasteiger partial charge in [0.2, 0.25) is 5.82 Å². The Morgan fingerprint density at radius 3 is 2.58 bits per heavy atom. The number of nitro benzene ring substituents is 1. The van der Waals surface area contributed by atoms with Gasteiger partial charge in [-0.3, -0.25) is 14.9 Å². The van der Waals surface area contributed by atoms with Crippen molar-refractivity contribution in [3.63, 3.8) is 0 Å². The highest BCUT2D eigenvalue weighted by Crippen LogP contribution is 2.33. The van der Waals surface area contributed by atoms with Crippen LogP contribution in [0.15, 0.2) is 18.2 Å². The molecule has 1 aromatic carbocycles. The maximum atomic E-state index is 13.5. The van der Waals surface area contributed by atoms with Crippen LogP contribution in [0.3, 0.4) is 0 Å². The SMILES string of the molecule is O=C(O)C1CCN(c2cccc(F)c2[N+](=O)[O-])CC1. The molecule has 102 valence electrons. The molecule has 0 radical (unpaired) electrons. The molecule has 1 fully saturated rings. The lowest BCUT2D eigenvalue weighted by atomic mass is 9.96. The van der Waals surface area contributed by atoms with E-state index in [9.17, 15) is 19.3 Å². The van der Waals surface area contributed by atoms with Gasteiger partial charge in [-0.15, -0.1) is 0 Å². The topological polar surface area (TPSA) is 83.7 Å². The molecule has 1 saturated heterocycles. The molecule has 1 aliphatic heterocycles. The predicted molar refractivity (Wildman–Crippen MR) is 65.6 cm³/mol. The molecule has 0 amide bonds. The molecular formula is C12H13FN2O4. The van der Waals surface area contributed by atoms with Crippen molar-refractivity contribution in [3.05, 3.63) is 34.1 Å². The van der Waals surface area contributed by atoms with Crippen molar-refractivity contribution in [3.8, 4) is 0 Å². The second kappa shape index (κ2) is 5.21. The highest BCUT2D eigenvalue weighted by Gasteiger charge is 2.29. The van der Waals surface area contributed by atoms with Gasteiger partial charge in [-0.25, -0.2) is 0 Å². The van der Waals surface area contributed by atoms with E-state index in [1.165, 1.54) is 12.1 Å². The maximum Gasteiger partial charge on any atom is 0.327 e. The number of halogens is 1. The van der Waals surface area contributed by atoms with Crippen LogP contribution in [0.5, 0.6) is 0 Å². The zero-order chi connectivity index (χ0) is 14.0. The van der Waals surface area contributed by atoms with Gasteiger partial charge in [-0.05, 0) is 25.0 Å². The second-order valence-corrected chi connectivity index (χ2v) is 4.46. The number of carbonyl (C=O) groups is 1. The maximum absolute atomic E-state index is 13.5. The molecule has 7 heteroatoms. The van der Waals surface area contributed by atoms with Gasteiger partial charge in [-0.1, -0.05) is 6.07 Å². The summed E-state index contributed by atoms with van der Waals surface area (Å²) in [5, 5.41) is 19.8. The summed E-state index contributed by atoms with van der Waals surface area (Å²) in [5.74, 6) is -2.15. The van der Waals surface area contributed by atoms with Crippen LogP contribution < -0.4 is 4.90 Å². The molecule has 0 aromatic heterocycles. The van der Waals surface area contributed by atoms with E-state index in [4.69, 9.17) is 5.11 Å². The van der Waals surface area contributed by atoms with Gasteiger partial charge in [0.1, 0.15) is 5.69 Å². The van der Waals surface area contributed by atoms with E-state index in [0.717, 1.165) is 6.07 Å². The number of piperidine rings is 1. The van der Waals surface area contributed by atoms with Crippen LogP contribution in [-0.4, -0.2) is 29.1 Å². The monoisotopic (exact) mass is 268 g/mol. The molecule has 0 bridgehead atoms. The standard InChI is InChI=1S/C12H13FN2O4/c13-9-2-1-3-10(11(9)15(18)19)14-6-4-8(5-7-14)12(16)17/h1-3,8H,4-7H2,(H,16,17). The number of para-hydroxylation sites is 1. The summed E-state index contributed by atoms with van der Waals surface area (Å²) in [6, 6.07) is 3.95. The van der Waals surface area contributed by atoms with Crippen LogP contribution in [-0.2, 0) is 4.79 Å². The van der Waals surface area contributed by atoms with Crippen LogP contribution in [0, 0.1) is 21.8 Å². The highest BCUT2D eigenvalue weighted by atomic mass is 19.1. The molecule has 0 unspecified atom stereocenters. The first-order chi connectivity index (χ1) is 9.00. The Labute approximate surface area is 108 Å². The number of carboxylic acid groups (broad SMARTS) is 1. The minimum Gasteiger partial charge on any atom is -0.481 e. The van der Waals surface area contributed by atoms with Crippen LogP contribution in [0.2, 0.25) is 0 Å². The molecule has 1 heterocycles. The summed E-state index contributed by atoms with van der Waals surface area (Å²) in [4.78, 5) is 22.7. The molecule has 6 nitrogen and oxygen atoms in total. The quantitative estimate of drug-likeness (QED) is 0.669. The molecule has 1 N–H and O–H groups in total. The molecule has 0 saturated carbocycles. The summed E-state index contributed by atoms with van der Waals surface area (Å²) in [7, 11) is 0. The third-order valence-electron chi connectivity index (χ3n) is 3.33. The molecule has 2 rings (SSSR count). The number of nitro groups is 1. The molecule has 0 aliphatic carbocycles. The average molecular weight is 268 g/mol. The third kappa shape index (κ3) is 2.64. The van der Waals surface area contributed by atoms with Crippen molar-refractivity contribution in [2.24, 2.45) is 5.92 Å². The van der Waals surface area contributed by atoms with Crippen molar-refractivity contribution < 1.29 is 19.2 Å². The van der Waals surface area contributed by atoms with E-state index in [2.05, 4.69) is 0 Å². The Hall–Kier alpha value is -2.18. The molecule has 1 aromatic rings. The minimum absolute atomic E-state index is 0.217. The van der Waals surface area contributed by atoms with Crippen molar-refractivity contribution in [1.82, 2.24) is 0 Å². The number of aliphatic carboxylic acids is 1. The van der Waals surface area contributed by atoms with Crippen molar-refractivity contribution in [1.29, 1.82) is 0 Å². The van der Waals surface area contributed by atoms with Gasteiger partial charge in [0.25, 0.3) is 0 Å². The normalized spacial score (nSPS) is 16.4. The van der Waals surface area contributed by atoms with E-state index in [1.54, 1.807) is 4.90 Å². The number of nitrogens with zero attached hydrogens (tertiary/aromatic N) is 2. The molecular weight excluding hydrogens is 255 g/mol. The van der Waals surface area contributed by atoms with Crippen LogP contribution in [0.1, 0.15) is 12.8 Å². The fraction of sp³-hybridized carbons (Fsp3) is 0.417. The zero-order valence-corrected chi connectivity index (χ0v) is 10.1. The van der Waals surface area contributed by atoms with Crippen LogP contribution in [0.4, 0.5) is 15.8 Å². The number of rotatable bonds is 3. The minimum atomic E-state index is -0.872. The Bertz CT molecular complexity index is 512. The molecule has 0 spiro atoms. The smallest absolute Gasteiger partial charge is 0.327 e. The first-order valence-corrected chi connectivity index (χ1v) is 5.91. The Kier molecular flexibility index (Phi) is 3.64. The summed E-state index contributed by atoms with van der Waals surface area (Å²) >= 11 is 0. The largest absolute Gasteiger partial charge is 0.481 e. The van der Waals surface area contributed by atoms with Crippen LogP contribution >= 0.6 is 0 Å². The van der Waals surface area contributed by atoms with E-state index >= 15 is 0 Å². The summed E-state index contributed by atoms with van der Waals surface area (Å²) in [6.45, 7) is 0.753. The summed E-state index contributed by atoms with van der Waals surface area (Å²) in [6.07, 6.45) is 0.812. The van der Waals surface area contributed by atoms with Crippen molar-refractivity contribution in [2.45, 2.75) is 12.8 Å². The van der Waals surface area contributed by atoms with Gasteiger partial charge in [0, 0.05) is 13.1 Å². The van der Waals surface area contributed by atoms with Gasteiger partial charge in [0.15, 0.2) is 0 Å². The summed E-state index contributed by atoms with van der Waals surface area (Å²) in [5.41, 5.74) is -0.329. The van der Waals surface area contributed by atoms with E-state index in [0.29, 0.717) is 25.9 Å². The van der Waals surface area contributed by atoms with Gasteiger partial charge in [-0.2, -0.15) is 4.39 Å². The Morgan fingerprint density at radius 1 is 1.42 bits per heavy atom. The van der Waals surface area contributed by atoms with Crippen LogP contribution in [0.25, 0.3) is 0 Å². The van der Waals surface area contributed by atoms with Crippen molar-refractivity contribution >= 4 is 17.3 Å². The zero-order valence-electron chi connectivity index (χ0n) is 10.1. The number of carboxylic acids is 1. The lowest BCUT2D eigenvalue weighted by Crippen LogP contribution is -2.36. The Balaban J connectivity index is 2.22. The third-order valence-corrected chi connectivity index (χ3v) is 3.33. The predicted octanol–water partition coefficient (Wildman–Crippen LogP) is 2.03. The van der Waals surface area contributed by atoms with E-state index in [1.807, 2.05) is 0 Å². The fourth-order valence-electron chi connectivity index (χ4n) is 2.31. The first-order valence-electron chi connectivity index (χ1n) is 5.91. The molecule has 1 aliphatic rings. The van der Waals surface area contributed by atoms with E-state index < -0.39 is 28.3 Å². The van der Waals surface area contributed by atoms with Crippen molar-refractivity contribution in [2.75, 3.05) is 18.0 Å². The molecule has 0 atom stereocenters. The number of anilines is 1. The number of hydrogen-bond donors (Lipinski definition) is 1. The second-order valence-electron chi connectivity index (χ2n) is 4.46. The Morgan fingerprint density at radius 2 is 2.05 bits per heavy atom. The summed E-state index contributed by atoms with van der Waals surface area (Å²) < 4.78 is 13.5. The first kappa shape index (κ1) is 13.3. The van der Waals surface area contributed by atoms with E-state index in [-0.39, 0.29) is 5.69 Å². The van der Waals surface area contributed by atoms with Gasteiger partial charge >= 0.3 is 11.7 Å². The lowest BCUT2D eigenvalue weighted by Gasteiger charge is -2.31.